The highest BCUT2D eigenvalue weighted by Gasteiger charge is 2.42. The number of rotatable bonds is 0. The molecule has 0 bridgehead atoms. The van der Waals surface area contributed by atoms with E-state index in [0.717, 1.165) is 22.6 Å². The fraction of sp³-hybridized carbons (Fsp3) is 0.286. The van der Waals surface area contributed by atoms with Crippen LogP contribution >= 0.6 is 0 Å². The predicted octanol–water partition coefficient (Wildman–Crippen LogP) is 3.78. The van der Waals surface area contributed by atoms with Crippen LogP contribution in [0.15, 0.2) is 42.5 Å². The lowest BCUT2D eigenvalue weighted by Gasteiger charge is -2.25. The van der Waals surface area contributed by atoms with Gasteiger partial charge >= 0.3 is 0 Å². The second kappa shape index (κ2) is 4.96. The Morgan fingerprint density at radius 2 is 1.80 bits per heavy atom. The van der Waals surface area contributed by atoms with Crippen LogP contribution in [0.3, 0.4) is 0 Å². The molecule has 3 aliphatic rings. The molecule has 5 rings (SSSR count). The monoisotopic (exact) mass is 332 g/mol. The van der Waals surface area contributed by atoms with Crippen molar-refractivity contribution >= 4 is 22.9 Å². The maximum absolute atomic E-state index is 12.9. The van der Waals surface area contributed by atoms with Gasteiger partial charge in [-0.2, -0.15) is 0 Å². The highest BCUT2D eigenvalue weighted by molar-refractivity contribution is 6.09. The number of hydrogen-bond donors (Lipinski definition) is 0. The van der Waals surface area contributed by atoms with Gasteiger partial charge in [-0.05, 0) is 36.6 Å². The van der Waals surface area contributed by atoms with Crippen LogP contribution in [0.2, 0.25) is 0 Å². The molecule has 1 amide bonds. The third-order valence-corrected chi connectivity index (χ3v) is 5.76. The zero-order valence-corrected chi connectivity index (χ0v) is 14.6. The molecule has 0 spiro atoms. The lowest BCUT2D eigenvalue weighted by Crippen LogP contribution is -2.29. The van der Waals surface area contributed by atoms with Gasteiger partial charge in [-0.15, -0.1) is 5.06 Å². The molecular weight excluding hydrogens is 312 g/mol. The number of anilines is 1. The number of amides is 1. The van der Waals surface area contributed by atoms with E-state index in [0.29, 0.717) is 6.54 Å². The van der Waals surface area contributed by atoms with Crippen molar-refractivity contribution in [2.24, 2.45) is 0 Å². The number of likely N-dealkylation sites (N-methyl/N-ethyl adjacent to an activating group) is 1. The standard InChI is InChI=1S/C21H20N2O2/c1-12-15-9-6-10-17-19(15)23(21(12)24)11-14-7-4-5-8-16(14)18-13(2)22(3)25-20(17)18/h4-10,12-13H,11H2,1-3H3/t12-,13+/m0/s1. The van der Waals surface area contributed by atoms with Crippen molar-refractivity contribution in [2.75, 3.05) is 11.9 Å². The van der Waals surface area contributed by atoms with Gasteiger partial charge in [0, 0.05) is 18.2 Å². The average Bonchev–Trinajstić information content (AvgIpc) is 3.03. The first-order chi connectivity index (χ1) is 12.1. The zero-order valence-electron chi connectivity index (χ0n) is 14.6. The molecule has 0 radical (unpaired) electrons. The Morgan fingerprint density at radius 3 is 2.64 bits per heavy atom. The first kappa shape index (κ1) is 14.7. The summed E-state index contributed by atoms with van der Waals surface area (Å²) in [6.07, 6.45) is 0. The molecule has 0 saturated carbocycles. The van der Waals surface area contributed by atoms with Gasteiger partial charge in [-0.3, -0.25) is 4.79 Å². The van der Waals surface area contributed by atoms with E-state index >= 15 is 0 Å². The molecule has 0 saturated heterocycles. The van der Waals surface area contributed by atoms with Gasteiger partial charge in [0.2, 0.25) is 5.91 Å². The van der Waals surface area contributed by atoms with Crippen molar-refractivity contribution in [1.82, 2.24) is 5.06 Å². The minimum absolute atomic E-state index is 0.110. The summed E-state index contributed by atoms with van der Waals surface area (Å²) in [6, 6.07) is 14.7. The fourth-order valence-corrected chi connectivity index (χ4v) is 4.31. The number of nitrogens with zero attached hydrogens (tertiary/aromatic N) is 2. The third-order valence-electron chi connectivity index (χ3n) is 5.76. The minimum atomic E-state index is -0.110. The Balaban J connectivity index is 1.88. The number of carbonyl (C=O) groups is 1. The number of hydrogen-bond acceptors (Lipinski definition) is 3. The Hall–Kier alpha value is -2.59. The van der Waals surface area contributed by atoms with Gasteiger partial charge in [-0.1, -0.05) is 36.4 Å². The van der Waals surface area contributed by atoms with Crippen LogP contribution in [0.4, 0.5) is 5.69 Å². The average molecular weight is 332 g/mol. The summed E-state index contributed by atoms with van der Waals surface area (Å²) in [7, 11) is 1.97. The summed E-state index contributed by atoms with van der Waals surface area (Å²) in [5, 5.41) is 1.90. The second-order valence-corrected chi connectivity index (χ2v) is 7.10. The van der Waals surface area contributed by atoms with Gasteiger partial charge < -0.3 is 9.74 Å². The molecular formula is C21H20N2O2. The molecule has 0 aromatic heterocycles. The number of carbonyl (C=O) groups excluding carboxylic acids is 1. The van der Waals surface area contributed by atoms with Gasteiger partial charge in [0.15, 0.2) is 5.76 Å². The number of fused-ring (bicyclic) bond motifs is 3. The van der Waals surface area contributed by atoms with Crippen molar-refractivity contribution < 1.29 is 9.63 Å². The minimum Gasteiger partial charge on any atom is -0.405 e. The largest absolute Gasteiger partial charge is 0.405 e. The van der Waals surface area contributed by atoms with E-state index in [4.69, 9.17) is 4.84 Å². The molecule has 0 N–H and O–H groups in total. The molecule has 0 unspecified atom stereocenters. The van der Waals surface area contributed by atoms with Crippen LogP contribution in [0, 0.1) is 0 Å². The molecule has 4 heteroatoms. The Bertz CT molecular complexity index is 947. The van der Waals surface area contributed by atoms with Crippen molar-refractivity contribution in [3.05, 3.63) is 64.7 Å². The Morgan fingerprint density at radius 1 is 1.04 bits per heavy atom. The van der Waals surface area contributed by atoms with Crippen LogP contribution in [0.25, 0.3) is 11.3 Å². The van der Waals surface area contributed by atoms with E-state index in [9.17, 15) is 4.79 Å². The van der Waals surface area contributed by atoms with Crippen LogP contribution in [-0.2, 0) is 16.2 Å². The lowest BCUT2D eigenvalue weighted by molar-refractivity contribution is -0.119. The van der Waals surface area contributed by atoms with Crippen molar-refractivity contribution in [3.63, 3.8) is 0 Å². The second-order valence-electron chi connectivity index (χ2n) is 7.10. The highest BCUT2D eigenvalue weighted by atomic mass is 16.7. The van der Waals surface area contributed by atoms with E-state index < -0.39 is 0 Å². The van der Waals surface area contributed by atoms with Crippen LogP contribution < -0.4 is 4.90 Å². The number of para-hydroxylation sites is 1. The number of hydroxylamine groups is 2. The van der Waals surface area contributed by atoms with Gasteiger partial charge in [0.05, 0.1) is 24.2 Å². The molecule has 126 valence electrons. The van der Waals surface area contributed by atoms with Gasteiger partial charge in [0.25, 0.3) is 0 Å². The highest BCUT2D eigenvalue weighted by Crippen LogP contribution is 2.49. The fourth-order valence-electron chi connectivity index (χ4n) is 4.31. The van der Waals surface area contributed by atoms with Crippen LogP contribution in [0.5, 0.6) is 0 Å². The molecule has 25 heavy (non-hydrogen) atoms. The number of benzene rings is 2. The zero-order chi connectivity index (χ0) is 17.3. The van der Waals surface area contributed by atoms with E-state index in [2.05, 4.69) is 37.3 Å². The van der Waals surface area contributed by atoms with E-state index in [1.807, 2.05) is 36.1 Å². The van der Waals surface area contributed by atoms with Gasteiger partial charge in [-0.25, -0.2) is 0 Å². The van der Waals surface area contributed by atoms with E-state index in [1.165, 1.54) is 16.7 Å². The topological polar surface area (TPSA) is 32.8 Å². The third kappa shape index (κ3) is 1.83. The summed E-state index contributed by atoms with van der Waals surface area (Å²) >= 11 is 0. The van der Waals surface area contributed by atoms with E-state index in [1.54, 1.807) is 0 Å². The molecule has 3 heterocycles. The van der Waals surface area contributed by atoms with Crippen LogP contribution in [-0.4, -0.2) is 24.1 Å². The summed E-state index contributed by atoms with van der Waals surface area (Å²) in [5.41, 5.74) is 6.69. The predicted molar refractivity (Wildman–Crippen MR) is 97.6 cm³/mol. The summed E-state index contributed by atoms with van der Waals surface area (Å²) < 4.78 is 0. The lowest BCUT2D eigenvalue weighted by atomic mass is 9.89. The van der Waals surface area contributed by atoms with Gasteiger partial charge in [0.1, 0.15) is 0 Å². The van der Waals surface area contributed by atoms with Crippen molar-refractivity contribution in [3.8, 4) is 0 Å². The molecule has 4 nitrogen and oxygen atoms in total. The Labute approximate surface area is 147 Å². The maximum Gasteiger partial charge on any atom is 0.234 e. The quantitative estimate of drug-likeness (QED) is 0.736. The SMILES string of the molecule is C[C@@H]1C(=O)N2Cc3ccccc3C3=C(ON(C)[C@@H]3C)c3cccc1c32. The van der Waals surface area contributed by atoms with Crippen LogP contribution in [0.1, 0.15) is 42.0 Å². The Kier molecular flexibility index (Phi) is 2.92. The molecule has 0 fully saturated rings. The van der Waals surface area contributed by atoms with Crippen molar-refractivity contribution in [2.45, 2.75) is 32.4 Å². The molecule has 2 aromatic carbocycles. The summed E-state index contributed by atoms with van der Waals surface area (Å²) in [5.74, 6) is 0.937. The van der Waals surface area contributed by atoms with Crippen molar-refractivity contribution in [1.29, 1.82) is 0 Å². The molecule has 2 aromatic rings. The first-order valence-electron chi connectivity index (χ1n) is 8.76. The first-order valence-corrected chi connectivity index (χ1v) is 8.76. The summed E-state index contributed by atoms with van der Waals surface area (Å²) in [4.78, 5) is 21.0. The normalized spacial score (nSPS) is 24.4. The smallest absolute Gasteiger partial charge is 0.234 e. The molecule has 3 aliphatic heterocycles. The maximum atomic E-state index is 12.9. The summed E-state index contributed by atoms with van der Waals surface area (Å²) in [6.45, 7) is 4.76. The molecule has 0 aliphatic carbocycles. The molecule has 2 atom stereocenters. The van der Waals surface area contributed by atoms with E-state index in [-0.39, 0.29) is 17.9 Å².